The molecule has 0 saturated carbocycles. The Morgan fingerprint density at radius 1 is 1.50 bits per heavy atom. The van der Waals surface area contributed by atoms with Crippen LogP contribution in [-0.2, 0) is 9.84 Å². The third-order valence-electron chi connectivity index (χ3n) is 1.69. The Morgan fingerprint density at radius 3 is 2.64 bits per heavy atom. The number of sulfone groups is 1. The van der Waals surface area contributed by atoms with Crippen molar-refractivity contribution in [2.75, 3.05) is 12.0 Å². The van der Waals surface area contributed by atoms with Crippen molar-refractivity contribution in [3.05, 3.63) is 34.9 Å². The lowest BCUT2D eigenvalue weighted by Crippen LogP contribution is -2.12. The van der Waals surface area contributed by atoms with E-state index in [1.165, 1.54) is 0 Å². The van der Waals surface area contributed by atoms with Crippen molar-refractivity contribution >= 4 is 21.4 Å². The minimum Gasteiger partial charge on any atom is -0.387 e. The Balaban J connectivity index is 2.85. The average molecular weight is 235 g/mol. The monoisotopic (exact) mass is 234 g/mol. The van der Waals surface area contributed by atoms with E-state index in [1.807, 2.05) is 0 Å². The van der Waals surface area contributed by atoms with Crippen molar-refractivity contribution in [1.82, 2.24) is 0 Å². The molecule has 0 fully saturated rings. The summed E-state index contributed by atoms with van der Waals surface area (Å²) in [6.07, 6.45) is 0.0736. The van der Waals surface area contributed by atoms with Gasteiger partial charge in [-0.1, -0.05) is 23.7 Å². The predicted molar refractivity (Wildman–Crippen MR) is 56.1 cm³/mol. The molecule has 14 heavy (non-hydrogen) atoms. The van der Waals surface area contributed by atoms with E-state index in [1.54, 1.807) is 24.3 Å². The number of benzene rings is 1. The van der Waals surface area contributed by atoms with E-state index in [-0.39, 0.29) is 5.75 Å². The standard InChI is InChI=1S/C9H11ClO3S/c1-14(12,13)6-9(11)7-3-2-4-8(10)5-7/h2-5,9,11H,6H2,1H3/t9-/m0/s1. The molecular formula is C9H11ClO3S. The fourth-order valence-corrected chi connectivity index (χ4v) is 2.06. The maximum absolute atomic E-state index is 10.9. The van der Waals surface area contributed by atoms with E-state index in [0.717, 1.165) is 6.26 Å². The van der Waals surface area contributed by atoms with Gasteiger partial charge in [0.25, 0.3) is 0 Å². The zero-order valence-corrected chi connectivity index (χ0v) is 9.22. The Labute approximate surface area is 88.2 Å². The summed E-state index contributed by atoms with van der Waals surface area (Å²) in [6.45, 7) is 0. The van der Waals surface area contributed by atoms with Crippen molar-refractivity contribution in [2.45, 2.75) is 6.10 Å². The lowest BCUT2D eigenvalue weighted by Gasteiger charge is -2.09. The summed E-state index contributed by atoms with van der Waals surface area (Å²) in [7, 11) is -3.18. The number of hydrogen-bond donors (Lipinski definition) is 1. The normalized spacial score (nSPS) is 13.9. The second-order valence-corrected chi connectivity index (χ2v) is 5.78. The van der Waals surface area contributed by atoms with Gasteiger partial charge < -0.3 is 5.11 Å². The van der Waals surface area contributed by atoms with Gasteiger partial charge in [-0.15, -0.1) is 0 Å². The van der Waals surface area contributed by atoms with E-state index in [0.29, 0.717) is 10.6 Å². The molecule has 0 aromatic heterocycles. The van der Waals surface area contributed by atoms with Gasteiger partial charge in [-0.3, -0.25) is 0 Å². The van der Waals surface area contributed by atoms with Crippen LogP contribution < -0.4 is 0 Å². The molecular weight excluding hydrogens is 224 g/mol. The largest absolute Gasteiger partial charge is 0.387 e. The maximum Gasteiger partial charge on any atom is 0.150 e. The molecule has 1 N–H and O–H groups in total. The quantitative estimate of drug-likeness (QED) is 0.861. The van der Waals surface area contributed by atoms with Crippen LogP contribution >= 0.6 is 11.6 Å². The summed E-state index contributed by atoms with van der Waals surface area (Å²) in [5.74, 6) is -0.284. The molecule has 0 amide bonds. The van der Waals surface area contributed by atoms with Crippen LogP contribution in [0.25, 0.3) is 0 Å². The topological polar surface area (TPSA) is 54.4 Å². The van der Waals surface area contributed by atoms with Crippen molar-refractivity contribution in [2.24, 2.45) is 0 Å². The first-order chi connectivity index (χ1) is 6.38. The van der Waals surface area contributed by atoms with Gasteiger partial charge in [0.05, 0.1) is 11.9 Å². The van der Waals surface area contributed by atoms with Crippen molar-refractivity contribution in [3.8, 4) is 0 Å². The van der Waals surface area contributed by atoms with Gasteiger partial charge >= 0.3 is 0 Å². The van der Waals surface area contributed by atoms with Gasteiger partial charge in [-0.2, -0.15) is 0 Å². The van der Waals surface area contributed by atoms with Crippen LogP contribution in [0, 0.1) is 0 Å². The number of aliphatic hydroxyl groups excluding tert-OH is 1. The van der Waals surface area contributed by atoms with Gasteiger partial charge in [0.15, 0.2) is 0 Å². The summed E-state index contributed by atoms with van der Waals surface area (Å²) in [4.78, 5) is 0. The van der Waals surface area contributed by atoms with Crippen molar-refractivity contribution in [3.63, 3.8) is 0 Å². The summed E-state index contributed by atoms with van der Waals surface area (Å²) in [5, 5.41) is 10.0. The molecule has 1 aromatic rings. The number of halogens is 1. The summed E-state index contributed by atoms with van der Waals surface area (Å²) >= 11 is 5.70. The minimum absolute atomic E-state index is 0.284. The van der Waals surface area contributed by atoms with Crippen LogP contribution in [0.5, 0.6) is 0 Å². The fraction of sp³-hybridized carbons (Fsp3) is 0.333. The predicted octanol–water partition coefficient (Wildman–Crippen LogP) is 1.42. The van der Waals surface area contributed by atoms with Crippen molar-refractivity contribution < 1.29 is 13.5 Å². The van der Waals surface area contributed by atoms with Gasteiger partial charge in [0, 0.05) is 11.3 Å². The summed E-state index contributed by atoms with van der Waals surface area (Å²) in [6, 6.07) is 6.53. The first-order valence-electron chi connectivity index (χ1n) is 4.00. The second kappa shape index (κ2) is 4.29. The molecule has 1 aromatic carbocycles. The highest BCUT2D eigenvalue weighted by Crippen LogP contribution is 2.18. The van der Waals surface area contributed by atoms with E-state index >= 15 is 0 Å². The van der Waals surface area contributed by atoms with Gasteiger partial charge in [-0.05, 0) is 17.7 Å². The highest BCUT2D eigenvalue weighted by molar-refractivity contribution is 7.90. The smallest absolute Gasteiger partial charge is 0.150 e. The Morgan fingerprint density at radius 2 is 2.14 bits per heavy atom. The van der Waals surface area contributed by atoms with Crippen LogP contribution in [0.1, 0.15) is 11.7 Å². The van der Waals surface area contributed by atoms with Crippen LogP contribution in [0.2, 0.25) is 5.02 Å². The molecule has 0 spiro atoms. The van der Waals surface area contributed by atoms with Crippen LogP contribution in [0.4, 0.5) is 0 Å². The first kappa shape index (κ1) is 11.5. The van der Waals surface area contributed by atoms with Crippen LogP contribution in [0.3, 0.4) is 0 Å². The Hall–Kier alpha value is -0.580. The molecule has 0 aliphatic heterocycles. The SMILES string of the molecule is CS(=O)(=O)C[C@H](O)c1cccc(Cl)c1. The van der Waals surface area contributed by atoms with Gasteiger partial charge in [-0.25, -0.2) is 8.42 Å². The molecule has 5 heteroatoms. The molecule has 78 valence electrons. The highest BCUT2D eigenvalue weighted by atomic mass is 35.5. The molecule has 1 rings (SSSR count). The molecule has 0 radical (unpaired) electrons. The van der Waals surface area contributed by atoms with Gasteiger partial charge in [0.2, 0.25) is 0 Å². The van der Waals surface area contributed by atoms with Crippen LogP contribution in [-0.4, -0.2) is 25.5 Å². The van der Waals surface area contributed by atoms with Gasteiger partial charge in [0.1, 0.15) is 9.84 Å². The lowest BCUT2D eigenvalue weighted by molar-refractivity contribution is 0.202. The zero-order valence-electron chi connectivity index (χ0n) is 7.64. The van der Waals surface area contributed by atoms with Crippen molar-refractivity contribution in [1.29, 1.82) is 0 Å². The second-order valence-electron chi connectivity index (χ2n) is 3.16. The number of aliphatic hydroxyl groups is 1. The minimum atomic E-state index is -3.18. The highest BCUT2D eigenvalue weighted by Gasteiger charge is 2.14. The lowest BCUT2D eigenvalue weighted by atomic mass is 10.1. The third kappa shape index (κ3) is 3.65. The molecule has 1 atom stereocenters. The number of rotatable bonds is 3. The van der Waals surface area contributed by atoms with E-state index in [2.05, 4.69) is 0 Å². The van der Waals surface area contributed by atoms with Crippen LogP contribution in [0.15, 0.2) is 24.3 Å². The summed E-state index contributed by atoms with van der Waals surface area (Å²) < 4.78 is 21.8. The molecule has 0 aliphatic rings. The Bertz CT molecular complexity index is 414. The molecule has 0 saturated heterocycles. The van der Waals surface area contributed by atoms with E-state index < -0.39 is 15.9 Å². The van der Waals surface area contributed by atoms with E-state index in [4.69, 9.17) is 11.6 Å². The van der Waals surface area contributed by atoms with E-state index in [9.17, 15) is 13.5 Å². The Kier molecular flexibility index (Phi) is 3.53. The third-order valence-corrected chi connectivity index (χ3v) is 2.85. The average Bonchev–Trinajstić information content (AvgIpc) is 2.01. The molecule has 0 bridgehead atoms. The molecule has 0 unspecified atom stereocenters. The molecule has 0 heterocycles. The first-order valence-corrected chi connectivity index (χ1v) is 6.43. The molecule has 3 nitrogen and oxygen atoms in total. The number of hydrogen-bond acceptors (Lipinski definition) is 3. The molecule has 0 aliphatic carbocycles. The fourth-order valence-electron chi connectivity index (χ4n) is 1.10. The maximum atomic E-state index is 10.9. The zero-order chi connectivity index (χ0) is 10.8. The summed E-state index contributed by atoms with van der Waals surface area (Å²) in [5.41, 5.74) is 0.517.